The molecule has 1 nitrogen and oxygen atoms in total. The Morgan fingerprint density at radius 3 is 1.58 bits per heavy atom. The third-order valence-corrected chi connectivity index (χ3v) is 3.54. The zero-order valence-corrected chi connectivity index (χ0v) is 12.1. The third kappa shape index (κ3) is 3.68. The first-order valence-electron chi connectivity index (χ1n) is 6.93. The second-order valence-electron chi connectivity index (χ2n) is 5.54. The van der Waals surface area contributed by atoms with Crippen LogP contribution in [0.4, 0.5) is 0 Å². The van der Waals surface area contributed by atoms with E-state index in [2.05, 4.69) is 86.6 Å². The Labute approximate surface area is 116 Å². The van der Waals surface area contributed by atoms with Crippen LogP contribution in [0.5, 0.6) is 0 Å². The van der Waals surface area contributed by atoms with E-state index >= 15 is 0 Å². The first kappa shape index (κ1) is 13.8. The zero-order chi connectivity index (χ0) is 13.7. The van der Waals surface area contributed by atoms with Gasteiger partial charge in [-0.3, -0.25) is 0 Å². The standard InChI is InChI=1S/C18H23N/c1-15(14-19(2)3)18(16-10-6-4-7-11-16)17-12-8-5-9-13-17/h4-13,15,18H,14H2,1-3H3. The molecule has 0 saturated carbocycles. The summed E-state index contributed by atoms with van der Waals surface area (Å²) in [5, 5.41) is 0. The normalized spacial score (nSPS) is 12.9. The summed E-state index contributed by atoms with van der Waals surface area (Å²) in [4.78, 5) is 2.27. The number of hydrogen-bond acceptors (Lipinski definition) is 1. The highest BCUT2D eigenvalue weighted by molar-refractivity contribution is 5.33. The van der Waals surface area contributed by atoms with Crippen LogP contribution in [0.15, 0.2) is 60.7 Å². The average molecular weight is 253 g/mol. The molecule has 100 valence electrons. The van der Waals surface area contributed by atoms with E-state index in [0.717, 1.165) is 6.54 Å². The van der Waals surface area contributed by atoms with Crippen LogP contribution in [0.2, 0.25) is 0 Å². The summed E-state index contributed by atoms with van der Waals surface area (Å²) in [5.41, 5.74) is 2.81. The van der Waals surface area contributed by atoms with Crippen molar-refractivity contribution in [3.8, 4) is 0 Å². The molecule has 1 heteroatoms. The van der Waals surface area contributed by atoms with Gasteiger partial charge in [-0.15, -0.1) is 0 Å². The van der Waals surface area contributed by atoms with Crippen molar-refractivity contribution < 1.29 is 0 Å². The molecule has 0 fully saturated rings. The van der Waals surface area contributed by atoms with E-state index in [4.69, 9.17) is 0 Å². The van der Waals surface area contributed by atoms with Crippen molar-refractivity contribution in [1.82, 2.24) is 4.90 Å². The summed E-state index contributed by atoms with van der Waals surface area (Å²) in [6, 6.07) is 21.7. The van der Waals surface area contributed by atoms with Gasteiger partial charge in [0.05, 0.1) is 0 Å². The lowest BCUT2D eigenvalue weighted by Crippen LogP contribution is -2.25. The van der Waals surface area contributed by atoms with E-state index in [9.17, 15) is 0 Å². The van der Waals surface area contributed by atoms with Gasteiger partial charge in [0.15, 0.2) is 0 Å². The molecule has 2 aromatic rings. The van der Waals surface area contributed by atoms with Crippen molar-refractivity contribution in [3.05, 3.63) is 71.8 Å². The molecule has 2 rings (SSSR count). The Morgan fingerprint density at radius 2 is 1.21 bits per heavy atom. The monoisotopic (exact) mass is 253 g/mol. The summed E-state index contributed by atoms with van der Waals surface area (Å²) in [5.74, 6) is 1.05. The molecule has 1 atom stereocenters. The van der Waals surface area contributed by atoms with Crippen LogP contribution in [-0.2, 0) is 0 Å². The lowest BCUT2D eigenvalue weighted by atomic mass is 9.81. The smallest absolute Gasteiger partial charge is 0.0127 e. The summed E-state index contributed by atoms with van der Waals surface area (Å²) < 4.78 is 0. The van der Waals surface area contributed by atoms with Crippen LogP contribution < -0.4 is 0 Å². The Balaban J connectivity index is 2.34. The molecule has 0 saturated heterocycles. The van der Waals surface area contributed by atoms with E-state index in [1.807, 2.05) is 0 Å². The maximum atomic E-state index is 2.34. The van der Waals surface area contributed by atoms with Crippen molar-refractivity contribution in [1.29, 1.82) is 0 Å². The molecule has 2 aromatic carbocycles. The topological polar surface area (TPSA) is 3.24 Å². The molecule has 0 aliphatic heterocycles. The van der Waals surface area contributed by atoms with Crippen LogP contribution in [0.1, 0.15) is 24.0 Å². The summed E-state index contributed by atoms with van der Waals surface area (Å²) in [6.07, 6.45) is 0. The predicted molar refractivity (Wildman–Crippen MR) is 82.4 cm³/mol. The average Bonchev–Trinajstić information content (AvgIpc) is 2.40. The first-order chi connectivity index (χ1) is 9.18. The maximum absolute atomic E-state index is 2.34. The number of hydrogen-bond donors (Lipinski definition) is 0. The van der Waals surface area contributed by atoms with Gasteiger partial charge in [0.1, 0.15) is 0 Å². The van der Waals surface area contributed by atoms with E-state index in [1.54, 1.807) is 0 Å². The fourth-order valence-electron chi connectivity index (χ4n) is 2.85. The van der Waals surface area contributed by atoms with Crippen LogP contribution in [0.3, 0.4) is 0 Å². The minimum absolute atomic E-state index is 0.463. The summed E-state index contributed by atoms with van der Waals surface area (Å²) in [6.45, 7) is 3.43. The largest absolute Gasteiger partial charge is 0.309 e. The number of rotatable bonds is 5. The zero-order valence-electron chi connectivity index (χ0n) is 12.1. The quantitative estimate of drug-likeness (QED) is 0.778. The first-order valence-corrected chi connectivity index (χ1v) is 6.93. The Bertz CT molecular complexity index is 436. The van der Waals surface area contributed by atoms with E-state index in [0.29, 0.717) is 11.8 Å². The highest BCUT2D eigenvalue weighted by Crippen LogP contribution is 2.32. The van der Waals surface area contributed by atoms with Gasteiger partial charge < -0.3 is 4.90 Å². The van der Waals surface area contributed by atoms with Gasteiger partial charge in [-0.2, -0.15) is 0 Å². The van der Waals surface area contributed by atoms with Gasteiger partial charge in [0.25, 0.3) is 0 Å². The number of benzene rings is 2. The summed E-state index contributed by atoms with van der Waals surface area (Å²) >= 11 is 0. The lowest BCUT2D eigenvalue weighted by molar-refractivity contribution is 0.321. The molecule has 0 aromatic heterocycles. The second-order valence-corrected chi connectivity index (χ2v) is 5.54. The van der Waals surface area contributed by atoms with Gasteiger partial charge in [0, 0.05) is 12.5 Å². The molecule has 19 heavy (non-hydrogen) atoms. The Hall–Kier alpha value is -1.60. The van der Waals surface area contributed by atoms with E-state index in [1.165, 1.54) is 11.1 Å². The van der Waals surface area contributed by atoms with Gasteiger partial charge in [-0.25, -0.2) is 0 Å². The van der Waals surface area contributed by atoms with Crippen LogP contribution in [0, 0.1) is 5.92 Å². The summed E-state index contributed by atoms with van der Waals surface area (Å²) in [7, 11) is 4.28. The second kappa shape index (κ2) is 6.53. The minimum Gasteiger partial charge on any atom is -0.309 e. The van der Waals surface area contributed by atoms with Crippen molar-refractivity contribution in [3.63, 3.8) is 0 Å². The Kier molecular flexibility index (Phi) is 4.75. The van der Waals surface area contributed by atoms with Crippen molar-refractivity contribution >= 4 is 0 Å². The van der Waals surface area contributed by atoms with Crippen molar-refractivity contribution in [2.45, 2.75) is 12.8 Å². The fourth-order valence-corrected chi connectivity index (χ4v) is 2.85. The van der Waals surface area contributed by atoms with Gasteiger partial charge >= 0.3 is 0 Å². The van der Waals surface area contributed by atoms with Gasteiger partial charge in [-0.1, -0.05) is 67.6 Å². The minimum atomic E-state index is 0.463. The molecule has 0 radical (unpaired) electrons. The molecule has 0 aliphatic carbocycles. The van der Waals surface area contributed by atoms with Crippen molar-refractivity contribution in [2.75, 3.05) is 20.6 Å². The van der Waals surface area contributed by atoms with Crippen LogP contribution in [0.25, 0.3) is 0 Å². The Morgan fingerprint density at radius 1 is 0.789 bits per heavy atom. The fraction of sp³-hybridized carbons (Fsp3) is 0.333. The maximum Gasteiger partial charge on any atom is 0.0127 e. The third-order valence-electron chi connectivity index (χ3n) is 3.54. The molecule has 0 N–H and O–H groups in total. The molecular weight excluding hydrogens is 230 g/mol. The highest BCUT2D eigenvalue weighted by Gasteiger charge is 2.21. The molecule has 1 unspecified atom stereocenters. The van der Waals surface area contributed by atoms with Gasteiger partial charge in [-0.05, 0) is 31.1 Å². The van der Waals surface area contributed by atoms with Crippen LogP contribution >= 0.6 is 0 Å². The molecule has 0 spiro atoms. The molecule has 0 heterocycles. The van der Waals surface area contributed by atoms with E-state index < -0.39 is 0 Å². The molecular formula is C18H23N. The molecule has 0 aliphatic rings. The van der Waals surface area contributed by atoms with Gasteiger partial charge in [0.2, 0.25) is 0 Å². The van der Waals surface area contributed by atoms with Crippen molar-refractivity contribution in [2.24, 2.45) is 5.92 Å². The SMILES string of the molecule is CC(CN(C)C)C(c1ccccc1)c1ccccc1. The number of nitrogens with zero attached hydrogens (tertiary/aromatic N) is 1. The van der Waals surface area contributed by atoms with Crippen LogP contribution in [-0.4, -0.2) is 25.5 Å². The molecule has 0 amide bonds. The lowest BCUT2D eigenvalue weighted by Gasteiger charge is -2.27. The predicted octanol–water partition coefficient (Wildman–Crippen LogP) is 4.02. The van der Waals surface area contributed by atoms with E-state index in [-0.39, 0.29) is 0 Å². The highest BCUT2D eigenvalue weighted by atomic mass is 15.1. The molecule has 0 bridgehead atoms.